The summed E-state index contributed by atoms with van der Waals surface area (Å²) in [4.78, 5) is 4.21. The van der Waals surface area contributed by atoms with Crippen molar-refractivity contribution in [3.8, 4) is 0 Å². The van der Waals surface area contributed by atoms with E-state index in [4.69, 9.17) is 0 Å². The number of pyridine rings is 1. The Morgan fingerprint density at radius 1 is 0.792 bits per heavy atom. The van der Waals surface area contributed by atoms with E-state index >= 15 is 0 Å². The molecule has 5 heteroatoms. The second-order valence-corrected chi connectivity index (χ2v) is 6.80. The lowest BCUT2D eigenvalue weighted by atomic mass is 10.1. The second kappa shape index (κ2) is 7.10. The summed E-state index contributed by atoms with van der Waals surface area (Å²) in [5, 5.41) is 0. The van der Waals surface area contributed by atoms with Crippen LogP contribution in [0.1, 0.15) is 11.1 Å². The molecular formula is C19H16N2O2S. The molecule has 4 nitrogen and oxygen atoms in total. The molecule has 0 radical (unpaired) electrons. The van der Waals surface area contributed by atoms with Gasteiger partial charge in [-0.25, -0.2) is 8.42 Å². The zero-order valence-electron chi connectivity index (χ0n) is 12.8. The van der Waals surface area contributed by atoms with Gasteiger partial charge in [-0.05, 0) is 41.5 Å². The molecule has 24 heavy (non-hydrogen) atoms. The minimum absolute atomic E-state index is 0.234. The van der Waals surface area contributed by atoms with E-state index in [1.165, 1.54) is 0 Å². The van der Waals surface area contributed by atoms with Crippen LogP contribution in [-0.4, -0.2) is 13.4 Å². The molecule has 0 unspecified atom stereocenters. The lowest BCUT2D eigenvalue weighted by molar-refractivity contribution is 0.601. The highest BCUT2D eigenvalue weighted by molar-refractivity contribution is 7.92. The van der Waals surface area contributed by atoms with Crippen molar-refractivity contribution in [2.45, 2.75) is 4.90 Å². The molecule has 0 saturated heterocycles. The average Bonchev–Trinajstić information content (AvgIpc) is 2.62. The smallest absolute Gasteiger partial charge is 0.261 e. The number of hydrogen-bond acceptors (Lipinski definition) is 3. The third-order valence-corrected chi connectivity index (χ3v) is 4.80. The summed E-state index contributed by atoms with van der Waals surface area (Å²) >= 11 is 0. The van der Waals surface area contributed by atoms with Gasteiger partial charge in [-0.15, -0.1) is 0 Å². The monoisotopic (exact) mass is 336 g/mol. The minimum atomic E-state index is -3.61. The van der Waals surface area contributed by atoms with Crippen molar-refractivity contribution < 1.29 is 8.42 Å². The standard InChI is InChI=1S/C19H16N2O2S/c22-24(23,18-7-2-1-3-8-18)21-19-9-5-4-6-17(19)11-10-16-12-14-20-15-13-16/h1-15,21H/b11-10+. The SMILES string of the molecule is O=S(=O)(Nc1ccccc1/C=C/c1ccncc1)c1ccccc1. The van der Waals surface area contributed by atoms with E-state index in [9.17, 15) is 8.42 Å². The fourth-order valence-electron chi connectivity index (χ4n) is 2.20. The quantitative estimate of drug-likeness (QED) is 0.764. The van der Waals surface area contributed by atoms with Gasteiger partial charge in [-0.1, -0.05) is 48.6 Å². The Kier molecular flexibility index (Phi) is 4.72. The van der Waals surface area contributed by atoms with Crippen molar-refractivity contribution >= 4 is 27.9 Å². The van der Waals surface area contributed by atoms with E-state index < -0.39 is 10.0 Å². The molecule has 2 aromatic carbocycles. The summed E-state index contributed by atoms with van der Waals surface area (Å²) in [6.07, 6.45) is 7.21. The Hall–Kier alpha value is -2.92. The molecule has 3 rings (SSSR count). The number of hydrogen-bond donors (Lipinski definition) is 1. The summed E-state index contributed by atoms with van der Waals surface area (Å²) in [6, 6.07) is 19.3. The molecule has 1 N–H and O–H groups in total. The van der Waals surface area contributed by atoms with Crippen LogP contribution in [0.4, 0.5) is 5.69 Å². The van der Waals surface area contributed by atoms with Crippen LogP contribution in [0.5, 0.6) is 0 Å². The summed E-state index contributed by atoms with van der Waals surface area (Å²) in [6.45, 7) is 0. The van der Waals surface area contributed by atoms with E-state index in [0.29, 0.717) is 5.69 Å². The van der Waals surface area contributed by atoms with Gasteiger partial charge in [0.25, 0.3) is 10.0 Å². The van der Waals surface area contributed by atoms with Crippen LogP contribution in [0.25, 0.3) is 12.2 Å². The lowest BCUT2D eigenvalue weighted by Crippen LogP contribution is -2.13. The molecule has 0 saturated carbocycles. The molecular weight excluding hydrogens is 320 g/mol. The molecule has 0 aliphatic carbocycles. The van der Waals surface area contributed by atoms with Crippen molar-refractivity contribution in [1.29, 1.82) is 0 Å². The normalized spacial score (nSPS) is 11.5. The first-order valence-corrected chi connectivity index (χ1v) is 8.88. The third kappa shape index (κ3) is 3.88. The molecule has 0 atom stereocenters. The largest absolute Gasteiger partial charge is 0.279 e. The van der Waals surface area contributed by atoms with Crippen LogP contribution in [0.3, 0.4) is 0 Å². The first-order chi connectivity index (χ1) is 11.6. The predicted molar refractivity (Wildman–Crippen MR) is 96.9 cm³/mol. The maximum Gasteiger partial charge on any atom is 0.261 e. The van der Waals surface area contributed by atoms with Crippen molar-refractivity contribution in [1.82, 2.24) is 4.98 Å². The summed E-state index contributed by atoms with van der Waals surface area (Å²) in [7, 11) is -3.61. The molecule has 1 heterocycles. The Bertz CT molecular complexity index is 937. The van der Waals surface area contributed by atoms with Crippen LogP contribution >= 0.6 is 0 Å². The van der Waals surface area contributed by atoms with Crippen LogP contribution in [-0.2, 0) is 10.0 Å². The Morgan fingerprint density at radius 2 is 1.46 bits per heavy atom. The van der Waals surface area contributed by atoms with Gasteiger partial charge in [0, 0.05) is 12.4 Å². The molecule has 0 fully saturated rings. The maximum atomic E-state index is 12.5. The topological polar surface area (TPSA) is 59.1 Å². The summed E-state index contributed by atoms with van der Waals surface area (Å²) in [5.41, 5.74) is 2.31. The van der Waals surface area contributed by atoms with Gasteiger partial charge in [-0.2, -0.15) is 0 Å². The molecule has 0 amide bonds. The maximum absolute atomic E-state index is 12.5. The Morgan fingerprint density at radius 3 is 2.21 bits per heavy atom. The van der Waals surface area contributed by atoms with E-state index in [1.807, 2.05) is 36.4 Å². The molecule has 3 aromatic rings. The highest BCUT2D eigenvalue weighted by Crippen LogP contribution is 2.22. The van der Waals surface area contributed by atoms with Gasteiger partial charge in [0.15, 0.2) is 0 Å². The fraction of sp³-hybridized carbons (Fsp3) is 0. The summed E-state index contributed by atoms with van der Waals surface area (Å²) in [5.74, 6) is 0. The molecule has 120 valence electrons. The number of nitrogens with one attached hydrogen (secondary N) is 1. The number of sulfonamides is 1. The van der Waals surface area contributed by atoms with Gasteiger partial charge in [0.1, 0.15) is 0 Å². The molecule has 1 aromatic heterocycles. The number of benzene rings is 2. The molecule has 0 spiro atoms. The highest BCUT2D eigenvalue weighted by atomic mass is 32.2. The number of nitrogens with zero attached hydrogens (tertiary/aromatic N) is 1. The Balaban J connectivity index is 1.89. The van der Waals surface area contributed by atoms with Crippen molar-refractivity contribution in [2.75, 3.05) is 4.72 Å². The number of para-hydroxylation sites is 1. The summed E-state index contributed by atoms with van der Waals surface area (Å²) < 4.78 is 27.6. The first-order valence-electron chi connectivity index (χ1n) is 7.40. The average molecular weight is 336 g/mol. The van der Waals surface area contributed by atoms with E-state index in [1.54, 1.807) is 54.9 Å². The Labute approximate surface area is 141 Å². The van der Waals surface area contributed by atoms with Gasteiger partial charge >= 0.3 is 0 Å². The molecule has 0 bridgehead atoms. The van der Waals surface area contributed by atoms with Crippen molar-refractivity contribution in [3.63, 3.8) is 0 Å². The second-order valence-electron chi connectivity index (χ2n) is 5.12. The number of aromatic nitrogens is 1. The minimum Gasteiger partial charge on any atom is -0.279 e. The van der Waals surface area contributed by atoms with Crippen LogP contribution < -0.4 is 4.72 Å². The van der Waals surface area contributed by atoms with Gasteiger partial charge in [0.05, 0.1) is 10.6 Å². The zero-order chi connectivity index (χ0) is 16.8. The molecule has 0 aliphatic heterocycles. The zero-order valence-corrected chi connectivity index (χ0v) is 13.6. The van der Waals surface area contributed by atoms with Crippen LogP contribution in [0.15, 0.2) is 84.0 Å². The fourth-order valence-corrected chi connectivity index (χ4v) is 3.31. The number of anilines is 1. The van der Waals surface area contributed by atoms with Crippen molar-refractivity contribution in [3.05, 3.63) is 90.3 Å². The lowest BCUT2D eigenvalue weighted by Gasteiger charge is -2.10. The van der Waals surface area contributed by atoms with E-state index in [2.05, 4.69) is 9.71 Å². The predicted octanol–water partition coefficient (Wildman–Crippen LogP) is 4.05. The van der Waals surface area contributed by atoms with Gasteiger partial charge in [0.2, 0.25) is 0 Å². The van der Waals surface area contributed by atoms with Crippen LogP contribution in [0.2, 0.25) is 0 Å². The van der Waals surface area contributed by atoms with Crippen molar-refractivity contribution in [2.24, 2.45) is 0 Å². The van der Waals surface area contributed by atoms with Crippen LogP contribution in [0, 0.1) is 0 Å². The number of rotatable bonds is 5. The van der Waals surface area contributed by atoms with Gasteiger partial charge < -0.3 is 0 Å². The third-order valence-electron chi connectivity index (χ3n) is 3.42. The first kappa shape index (κ1) is 16.0. The van der Waals surface area contributed by atoms with E-state index in [0.717, 1.165) is 11.1 Å². The molecule has 0 aliphatic rings. The van der Waals surface area contributed by atoms with Gasteiger partial charge in [-0.3, -0.25) is 9.71 Å². The highest BCUT2D eigenvalue weighted by Gasteiger charge is 2.14. The van der Waals surface area contributed by atoms with E-state index in [-0.39, 0.29) is 4.90 Å².